The van der Waals surface area contributed by atoms with Crippen LogP contribution in [-0.4, -0.2) is 72.1 Å². The molecule has 2 aliphatic rings. The quantitative estimate of drug-likeness (QED) is 0.725. The molecule has 0 aliphatic carbocycles. The summed E-state index contributed by atoms with van der Waals surface area (Å²) in [5.41, 5.74) is 0. The van der Waals surface area contributed by atoms with E-state index in [0.717, 1.165) is 38.5 Å². The SMILES string of the molecule is CCCC(=O)N1CCN(CC2CCN(SC)CC2)CC1. The number of piperidine rings is 1. The van der Waals surface area contributed by atoms with Crippen molar-refractivity contribution in [2.24, 2.45) is 5.92 Å². The first kappa shape index (κ1) is 16.1. The van der Waals surface area contributed by atoms with Crippen LogP contribution in [0, 0.1) is 5.92 Å². The zero-order valence-corrected chi connectivity index (χ0v) is 13.8. The molecular weight excluding hydrogens is 270 g/mol. The van der Waals surface area contributed by atoms with Crippen LogP contribution in [-0.2, 0) is 4.79 Å². The summed E-state index contributed by atoms with van der Waals surface area (Å²) in [4.78, 5) is 16.5. The van der Waals surface area contributed by atoms with Crippen LogP contribution in [0.2, 0.25) is 0 Å². The summed E-state index contributed by atoms with van der Waals surface area (Å²) in [6.45, 7) is 9.79. The first-order valence-corrected chi connectivity index (χ1v) is 9.20. The van der Waals surface area contributed by atoms with Gasteiger partial charge < -0.3 is 4.90 Å². The number of amides is 1. The number of carbonyl (C=O) groups excluding carboxylic acids is 1. The Morgan fingerprint density at radius 3 is 2.30 bits per heavy atom. The lowest BCUT2D eigenvalue weighted by atomic mass is 9.97. The molecule has 116 valence electrons. The summed E-state index contributed by atoms with van der Waals surface area (Å²) < 4.78 is 2.47. The van der Waals surface area contributed by atoms with Gasteiger partial charge in [-0.25, -0.2) is 0 Å². The number of hydrogen-bond acceptors (Lipinski definition) is 4. The van der Waals surface area contributed by atoms with Crippen LogP contribution < -0.4 is 0 Å². The van der Waals surface area contributed by atoms with E-state index in [-0.39, 0.29) is 0 Å². The van der Waals surface area contributed by atoms with Gasteiger partial charge in [0.25, 0.3) is 0 Å². The summed E-state index contributed by atoms with van der Waals surface area (Å²) in [6, 6.07) is 0. The number of carbonyl (C=O) groups is 1. The molecule has 20 heavy (non-hydrogen) atoms. The molecule has 0 aromatic carbocycles. The molecule has 0 aromatic rings. The molecule has 0 atom stereocenters. The second kappa shape index (κ2) is 8.25. The van der Waals surface area contributed by atoms with Gasteiger partial charge in [-0.1, -0.05) is 18.9 Å². The van der Waals surface area contributed by atoms with E-state index in [0.29, 0.717) is 12.3 Å². The lowest BCUT2D eigenvalue weighted by Gasteiger charge is -2.38. The van der Waals surface area contributed by atoms with Gasteiger partial charge in [0.05, 0.1) is 0 Å². The van der Waals surface area contributed by atoms with E-state index in [1.165, 1.54) is 32.5 Å². The van der Waals surface area contributed by atoms with Crippen molar-refractivity contribution in [3.05, 3.63) is 0 Å². The van der Waals surface area contributed by atoms with E-state index in [1.54, 1.807) is 0 Å². The zero-order chi connectivity index (χ0) is 14.4. The fourth-order valence-corrected chi connectivity index (χ4v) is 3.77. The summed E-state index contributed by atoms with van der Waals surface area (Å²) >= 11 is 1.88. The minimum absolute atomic E-state index is 0.348. The molecule has 0 N–H and O–H groups in total. The molecule has 0 saturated carbocycles. The first-order valence-electron chi connectivity index (χ1n) is 8.02. The highest BCUT2D eigenvalue weighted by Gasteiger charge is 2.24. The fourth-order valence-electron chi connectivity index (χ4n) is 3.19. The topological polar surface area (TPSA) is 26.8 Å². The lowest BCUT2D eigenvalue weighted by molar-refractivity contribution is -0.133. The van der Waals surface area contributed by atoms with Crippen LogP contribution in [0.1, 0.15) is 32.6 Å². The lowest BCUT2D eigenvalue weighted by Crippen LogP contribution is -2.50. The normalized spacial score (nSPS) is 23.2. The van der Waals surface area contributed by atoms with E-state index in [2.05, 4.69) is 27.3 Å². The smallest absolute Gasteiger partial charge is 0.222 e. The van der Waals surface area contributed by atoms with E-state index in [4.69, 9.17) is 0 Å². The average Bonchev–Trinajstić information content (AvgIpc) is 2.49. The highest BCUT2D eigenvalue weighted by molar-refractivity contribution is 7.96. The van der Waals surface area contributed by atoms with Crippen molar-refractivity contribution in [2.45, 2.75) is 32.6 Å². The van der Waals surface area contributed by atoms with Crippen molar-refractivity contribution >= 4 is 17.9 Å². The minimum atomic E-state index is 0.348. The van der Waals surface area contributed by atoms with E-state index in [9.17, 15) is 4.79 Å². The van der Waals surface area contributed by atoms with Crippen molar-refractivity contribution in [3.63, 3.8) is 0 Å². The Morgan fingerprint density at radius 1 is 1.10 bits per heavy atom. The number of hydrogen-bond donors (Lipinski definition) is 0. The maximum absolute atomic E-state index is 11.9. The van der Waals surface area contributed by atoms with Gasteiger partial charge in [0.1, 0.15) is 0 Å². The Kier molecular flexibility index (Phi) is 6.65. The van der Waals surface area contributed by atoms with E-state index < -0.39 is 0 Å². The Labute approximate surface area is 128 Å². The molecular formula is C15H29N3OS. The highest BCUT2D eigenvalue weighted by atomic mass is 32.2. The third-order valence-electron chi connectivity index (χ3n) is 4.54. The molecule has 0 aromatic heterocycles. The third-order valence-corrected chi connectivity index (χ3v) is 5.42. The average molecular weight is 299 g/mol. The van der Waals surface area contributed by atoms with Crippen molar-refractivity contribution in [1.82, 2.24) is 14.1 Å². The highest BCUT2D eigenvalue weighted by Crippen LogP contribution is 2.22. The van der Waals surface area contributed by atoms with Gasteiger partial charge >= 0.3 is 0 Å². The summed E-state index contributed by atoms with van der Waals surface area (Å²) in [6.07, 6.45) is 6.51. The molecule has 1 amide bonds. The summed E-state index contributed by atoms with van der Waals surface area (Å²) in [5, 5.41) is 0. The minimum Gasteiger partial charge on any atom is -0.340 e. The molecule has 2 fully saturated rings. The number of rotatable bonds is 5. The maximum atomic E-state index is 11.9. The van der Waals surface area contributed by atoms with Crippen LogP contribution in [0.25, 0.3) is 0 Å². The molecule has 2 heterocycles. The van der Waals surface area contributed by atoms with Gasteiger partial charge in [-0.2, -0.15) is 0 Å². The molecule has 4 nitrogen and oxygen atoms in total. The van der Waals surface area contributed by atoms with Crippen LogP contribution in [0.3, 0.4) is 0 Å². The van der Waals surface area contributed by atoms with Gasteiger partial charge in [-0.3, -0.25) is 14.0 Å². The van der Waals surface area contributed by atoms with Gasteiger partial charge in [-0.05, 0) is 31.4 Å². The Morgan fingerprint density at radius 2 is 1.75 bits per heavy atom. The maximum Gasteiger partial charge on any atom is 0.222 e. The zero-order valence-electron chi connectivity index (χ0n) is 13.0. The second-order valence-corrected chi connectivity index (χ2v) is 6.87. The van der Waals surface area contributed by atoms with E-state index in [1.807, 2.05) is 11.9 Å². The van der Waals surface area contributed by atoms with Crippen molar-refractivity contribution in [3.8, 4) is 0 Å². The number of nitrogens with zero attached hydrogens (tertiary/aromatic N) is 3. The predicted octanol–water partition coefficient (Wildman–Crippen LogP) is 1.92. The molecule has 0 bridgehead atoms. The van der Waals surface area contributed by atoms with Gasteiger partial charge in [-0.15, -0.1) is 0 Å². The fraction of sp³-hybridized carbons (Fsp3) is 0.933. The Bertz CT molecular complexity index is 297. The van der Waals surface area contributed by atoms with Crippen LogP contribution in [0.5, 0.6) is 0 Å². The van der Waals surface area contributed by atoms with Gasteiger partial charge in [0, 0.05) is 52.2 Å². The van der Waals surface area contributed by atoms with Crippen molar-refractivity contribution in [1.29, 1.82) is 0 Å². The van der Waals surface area contributed by atoms with Crippen molar-refractivity contribution < 1.29 is 4.79 Å². The summed E-state index contributed by atoms with van der Waals surface area (Å²) in [5.74, 6) is 1.21. The van der Waals surface area contributed by atoms with Gasteiger partial charge in [0.15, 0.2) is 0 Å². The predicted molar refractivity (Wildman–Crippen MR) is 85.7 cm³/mol. The Balaban J connectivity index is 1.66. The standard InChI is InChI=1S/C15H29N3OS/c1-3-4-15(19)17-11-9-16(10-12-17)13-14-5-7-18(20-2)8-6-14/h14H,3-13H2,1-2H3. The second-order valence-electron chi connectivity index (χ2n) is 5.99. The molecule has 2 aliphatic heterocycles. The van der Waals surface area contributed by atoms with Crippen LogP contribution >= 0.6 is 11.9 Å². The molecule has 2 saturated heterocycles. The third kappa shape index (κ3) is 4.64. The largest absolute Gasteiger partial charge is 0.340 e. The van der Waals surface area contributed by atoms with Crippen LogP contribution in [0.15, 0.2) is 0 Å². The van der Waals surface area contributed by atoms with Crippen LogP contribution in [0.4, 0.5) is 0 Å². The Hall–Kier alpha value is -0.260. The first-order chi connectivity index (χ1) is 9.72. The molecule has 0 radical (unpaired) electrons. The van der Waals surface area contributed by atoms with Crippen molar-refractivity contribution in [2.75, 3.05) is 52.1 Å². The molecule has 0 spiro atoms. The summed E-state index contributed by atoms with van der Waals surface area (Å²) in [7, 11) is 0. The van der Waals surface area contributed by atoms with Gasteiger partial charge in [0.2, 0.25) is 5.91 Å². The molecule has 5 heteroatoms. The molecule has 2 rings (SSSR count). The monoisotopic (exact) mass is 299 g/mol. The number of piperazine rings is 1. The van der Waals surface area contributed by atoms with E-state index >= 15 is 0 Å². The molecule has 0 unspecified atom stereocenters.